The summed E-state index contributed by atoms with van der Waals surface area (Å²) in [5, 5.41) is 3.58. The van der Waals surface area contributed by atoms with Gasteiger partial charge in [-0.1, -0.05) is 29.3 Å². The molecule has 110 valence electrons. The Morgan fingerprint density at radius 2 is 1.71 bits per heavy atom. The average molecular weight is 325 g/mol. The van der Waals surface area contributed by atoms with Gasteiger partial charge in [-0.15, -0.1) is 0 Å². The second-order valence-corrected chi connectivity index (χ2v) is 5.13. The number of carbonyl (C=O) groups is 1. The van der Waals surface area contributed by atoms with Crippen molar-refractivity contribution < 1.29 is 9.53 Å². The second kappa shape index (κ2) is 7.20. The normalized spacial score (nSPS) is 10.2. The first kappa shape index (κ1) is 15.5. The summed E-state index contributed by atoms with van der Waals surface area (Å²) in [4.78, 5) is 11.8. The highest BCUT2D eigenvalue weighted by Crippen LogP contribution is 2.32. The number of anilines is 2. The van der Waals surface area contributed by atoms with Gasteiger partial charge in [0, 0.05) is 11.4 Å². The van der Waals surface area contributed by atoms with Crippen LogP contribution < -0.4 is 15.8 Å². The number of ether oxygens (including phenoxy) is 1. The van der Waals surface area contributed by atoms with Crippen LogP contribution in [-0.4, -0.2) is 12.5 Å². The van der Waals surface area contributed by atoms with E-state index in [1.54, 1.807) is 42.5 Å². The number of halogens is 2. The first-order valence-corrected chi connectivity index (χ1v) is 7.04. The van der Waals surface area contributed by atoms with E-state index in [4.69, 9.17) is 33.7 Å². The van der Waals surface area contributed by atoms with Crippen LogP contribution in [0.1, 0.15) is 6.42 Å². The molecule has 0 saturated heterocycles. The van der Waals surface area contributed by atoms with Crippen molar-refractivity contribution in [1.29, 1.82) is 0 Å². The summed E-state index contributed by atoms with van der Waals surface area (Å²) < 4.78 is 5.45. The van der Waals surface area contributed by atoms with Gasteiger partial charge in [-0.25, -0.2) is 0 Å². The molecule has 0 spiro atoms. The molecule has 0 radical (unpaired) electrons. The van der Waals surface area contributed by atoms with Gasteiger partial charge < -0.3 is 15.8 Å². The molecule has 2 aromatic rings. The third kappa shape index (κ3) is 4.55. The summed E-state index contributed by atoms with van der Waals surface area (Å²) in [6.45, 7) is 0.185. The minimum atomic E-state index is -0.164. The number of hydrogen-bond donors (Lipinski definition) is 2. The Hall–Kier alpha value is -1.91. The van der Waals surface area contributed by atoms with E-state index in [1.165, 1.54) is 0 Å². The van der Waals surface area contributed by atoms with Crippen molar-refractivity contribution in [3.63, 3.8) is 0 Å². The molecule has 0 atom stereocenters. The molecule has 0 heterocycles. The fraction of sp³-hybridized carbons (Fsp3) is 0.133. The minimum Gasteiger partial charge on any atom is -0.490 e. The van der Waals surface area contributed by atoms with Crippen LogP contribution in [0, 0.1) is 0 Å². The van der Waals surface area contributed by atoms with Crippen LogP contribution in [0.2, 0.25) is 10.0 Å². The Kier molecular flexibility index (Phi) is 5.31. The Morgan fingerprint density at radius 1 is 1.10 bits per heavy atom. The maximum Gasteiger partial charge on any atom is 0.227 e. The zero-order valence-electron chi connectivity index (χ0n) is 11.1. The Morgan fingerprint density at radius 3 is 2.33 bits per heavy atom. The maximum absolute atomic E-state index is 11.8. The quantitative estimate of drug-likeness (QED) is 0.817. The van der Waals surface area contributed by atoms with Gasteiger partial charge in [0.25, 0.3) is 0 Å². The number of para-hydroxylation sites is 1. The average Bonchev–Trinajstić information content (AvgIpc) is 2.45. The lowest BCUT2D eigenvalue weighted by atomic mass is 10.3. The van der Waals surface area contributed by atoms with Crippen molar-refractivity contribution in [2.45, 2.75) is 6.42 Å². The SMILES string of the molecule is Nc1ccc(NC(=O)CCOc2c(Cl)cccc2Cl)cc1. The minimum absolute atomic E-state index is 0.164. The topological polar surface area (TPSA) is 64.3 Å². The van der Waals surface area contributed by atoms with Crippen LogP contribution in [0.3, 0.4) is 0 Å². The number of hydrogen-bond acceptors (Lipinski definition) is 3. The van der Waals surface area contributed by atoms with E-state index in [9.17, 15) is 4.79 Å². The number of nitrogen functional groups attached to an aromatic ring is 1. The number of amides is 1. The van der Waals surface area contributed by atoms with Gasteiger partial charge in [-0.2, -0.15) is 0 Å². The van der Waals surface area contributed by atoms with E-state index in [1.807, 2.05) is 0 Å². The van der Waals surface area contributed by atoms with Crippen molar-refractivity contribution in [3.8, 4) is 5.75 Å². The number of benzene rings is 2. The predicted octanol–water partition coefficient (Wildman–Crippen LogP) is 3.98. The fourth-order valence-electron chi connectivity index (χ4n) is 1.66. The number of nitrogens with one attached hydrogen (secondary N) is 1. The van der Waals surface area contributed by atoms with Gasteiger partial charge in [0.1, 0.15) is 0 Å². The molecule has 2 rings (SSSR count). The molecule has 0 aliphatic heterocycles. The number of rotatable bonds is 5. The summed E-state index contributed by atoms with van der Waals surface area (Å²) in [7, 11) is 0. The van der Waals surface area contributed by atoms with Gasteiger partial charge in [0.2, 0.25) is 5.91 Å². The van der Waals surface area contributed by atoms with E-state index >= 15 is 0 Å². The van der Waals surface area contributed by atoms with Crippen molar-refractivity contribution >= 4 is 40.5 Å². The summed E-state index contributed by atoms with van der Waals surface area (Å²) in [5.74, 6) is 0.226. The van der Waals surface area contributed by atoms with Crippen LogP contribution in [0.15, 0.2) is 42.5 Å². The molecule has 0 unspecified atom stereocenters. The molecule has 21 heavy (non-hydrogen) atoms. The van der Waals surface area contributed by atoms with Gasteiger partial charge in [0.05, 0.1) is 23.1 Å². The lowest BCUT2D eigenvalue weighted by Gasteiger charge is -2.10. The number of carbonyl (C=O) groups excluding carboxylic acids is 1. The van der Waals surface area contributed by atoms with E-state index in [0.29, 0.717) is 27.2 Å². The molecule has 2 aromatic carbocycles. The highest BCUT2D eigenvalue weighted by atomic mass is 35.5. The Bertz CT molecular complexity index is 610. The first-order valence-electron chi connectivity index (χ1n) is 6.28. The van der Waals surface area contributed by atoms with E-state index in [-0.39, 0.29) is 18.9 Å². The molecule has 4 nitrogen and oxygen atoms in total. The maximum atomic E-state index is 11.8. The van der Waals surface area contributed by atoms with Gasteiger partial charge in [0.15, 0.2) is 5.75 Å². The van der Waals surface area contributed by atoms with Crippen molar-refractivity contribution in [3.05, 3.63) is 52.5 Å². The van der Waals surface area contributed by atoms with Crippen molar-refractivity contribution in [2.75, 3.05) is 17.7 Å². The molecular formula is C15H14Cl2N2O2. The van der Waals surface area contributed by atoms with Crippen LogP contribution in [0.25, 0.3) is 0 Å². The van der Waals surface area contributed by atoms with Crippen LogP contribution in [0.5, 0.6) is 5.75 Å². The van der Waals surface area contributed by atoms with Gasteiger partial charge in [-0.05, 0) is 36.4 Å². The molecule has 0 aliphatic carbocycles. The fourth-order valence-corrected chi connectivity index (χ4v) is 2.16. The molecule has 1 amide bonds. The van der Waals surface area contributed by atoms with Gasteiger partial charge in [-0.3, -0.25) is 4.79 Å². The number of nitrogens with two attached hydrogens (primary N) is 1. The highest BCUT2D eigenvalue weighted by molar-refractivity contribution is 6.37. The second-order valence-electron chi connectivity index (χ2n) is 4.32. The summed E-state index contributed by atoms with van der Waals surface area (Å²) >= 11 is 11.9. The third-order valence-corrected chi connectivity index (χ3v) is 3.28. The van der Waals surface area contributed by atoms with Gasteiger partial charge >= 0.3 is 0 Å². The standard InChI is InChI=1S/C15H14Cl2N2O2/c16-12-2-1-3-13(17)15(12)21-9-8-14(20)19-11-6-4-10(18)5-7-11/h1-7H,8-9,18H2,(H,19,20). The van der Waals surface area contributed by atoms with E-state index < -0.39 is 0 Å². The zero-order chi connectivity index (χ0) is 15.2. The monoisotopic (exact) mass is 324 g/mol. The molecule has 0 aliphatic rings. The van der Waals surface area contributed by atoms with Crippen LogP contribution in [-0.2, 0) is 4.79 Å². The van der Waals surface area contributed by atoms with Crippen molar-refractivity contribution in [1.82, 2.24) is 0 Å². The predicted molar refractivity (Wildman–Crippen MR) is 86.1 cm³/mol. The Balaban J connectivity index is 1.83. The van der Waals surface area contributed by atoms with E-state index in [2.05, 4.69) is 5.32 Å². The molecule has 6 heteroatoms. The summed E-state index contributed by atoms with van der Waals surface area (Å²) in [6, 6.07) is 12.0. The van der Waals surface area contributed by atoms with Crippen molar-refractivity contribution in [2.24, 2.45) is 0 Å². The summed E-state index contributed by atoms with van der Waals surface area (Å²) in [6.07, 6.45) is 0.186. The van der Waals surface area contributed by atoms with Crippen LogP contribution >= 0.6 is 23.2 Å². The lowest BCUT2D eigenvalue weighted by Crippen LogP contribution is -2.15. The molecule has 0 saturated carbocycles. The third-order valence-electron chi connectivity index (χ3n) is 2.69. The molecular weight excluding hydrogens is 311 g/mol. The van der Waals surface area contributed by atoms with Crippen LogP contribution in [0.4, 0.5) is 11.4 Å². The molecule has 0 bridgehead atoms. The lowest BCUT2D eigenvalue weighted by molar-refractivity contribution is -0.116. The Labute approximate surface area is 132 Å². The molecule has 0 fully saturated rings. The smallest absolute Gasteiger partial charge is 0.227 e. The molecule has 0 aromatic heterocycles. The largest absolute Gasteiger partial charge is 0.490 e. The van der Waals surface area contributed by atoms with E-state index in [0.717, 1.165) is 0 Å². The zero-order valence-corrected chi connectivity index (χ0v) is 12.6. The highest BCUT2D eigenvalue weighted by Gasteiger charge is 2.08. The first-order chi connectivity index (χ1) is 10.1. The summed E-state index contributed by atoms with van der Waals surface area (Å²) in [5.41, 5.74) is 6.90. The molecule has 3 N–H and O–H groups in total.